The largest absolute Gasteiger partial charge is 0.468 e. The molecule has 128 valence electrons. The van der Waals surface area contributed by atoms with Crippen molar-refractivity contribution >= 4 is 28.2 Å². The molecule has 2 heterocycles. The number of primary amides is 1. The van der Waals surface area contributed by atoms with Gasteiger partial charge >= 0.3 is 0 Å². The summed E-state index contributed by atoms with van der Waals surface area (Å²) in [5.41, 5.74) is 7.03. The molecule has 0 aromatic carbocycles. The Morgan fingerprint density at radius 1 is 1.46 bits per heavy atom. The maximum Gasteiger partial charge on any atom is 0.251 e. The van der Waals surface area contributed by atoms with Crippen molar-refractivity contribution in [3.05, 3.63) is 40.2 Å². The molecule has 24 heavy (non-hydrogen) atoms. The van der Waals surface area contributed by atoms with Crippen molar-refractivity contribution in [3.8, 4) is 0 Å². The molecular weight excluding hydrogens is 326 g/mol. The lowest BCUT2D eigenvalue weighted by molar-refractivity contribution is -0.120. The number of nitrogens with zero attached hydrogens (tertiary/aromatic N) is 1. The second kappa shape index (κ2) is 6.78. The third kappa shape index (κ3) is 3.22. The highest BCUT2D eigenvalue weighted by atomic mass is 32.1. The Labute approximate surface area is 144 Å². The average Bonchev–Trinajstić information content (AvgIpc) is 3.22. The topological polar surface area (TPSA) is 88.6 Å². The highest BCUT2D eigenvalue weighted by Crippen LogP contribution is 2.38. The molecule has 1 aliphatic carbocycles. The lowest BCUT2D eigenvalue weighted by atomic mass is 10.1. The summed E-state index contributed by atoms with van der Waals surface area (Å²) in [5, 5.41) is 3.47. The van der Waals surface area contributed by atoms with Gasteiger partial charge in [-0.15, -0.1) is 11.3 Å². The number of furan rings is 1. The lowest BCUT2D eigenvalue weighted by Crippen LogP contribution is -2.39. The van der Waals surface area contributed by atoms with E-state index in [1.54, 1.807) is 6.26 Å². The van der Waals surface area contributed by atoms with Crippen molar-refractivity contribution < 1.29 is 14.0 Å². The minimum atomic E-state index is -0.471. The van der Waals surface area contributed by atoms with Crippen molar-refractivity contribution in [2.75, 3.05) is 12.4 Å². The molecule has 1 unspecified atom stereocenters. The number of amides is 2. The number of thiophene rings is 1. The molecule has 7 heteroatoms. The Kier molecular flexibility index (Phi) is 4.73. The SMILES string of the molecule is CC(C(=O)Nc1sc2c(c1C(N)=O)CCC2)N(C)Cc1ccco1. The number of fused-ring (bicyclic) bond motifs is 1. The van der Waals surface area contributed by atoms with Crippen molar-refractivity contribution in [2.45, 2.75) is 38.8 Å². The van der Waals surface area contributed by atoms with Crippen LogP contribution in [0, 0.1) is 0 Å². The van der Waals surface area contributed by atoms with Gasteiger partial charge in [-0.1, -0.05) is 0 Å². The summed E-state index contributed by atoms with van der Waals surface area (Å²) in [6.45, 7) is 2.36. The van der Waals surface area contributed by atoms with Crippen LogP contribution in [0.5, 0.6) is 0 Å². The van der Waals surface area contributed by atoms with E-state index in [1.807, 2.05) is 31.0 Å². The molecule has 0 radical (unpaired) electrons. The first-order valence-electron chi connectivity index (χ1n) is 7.95. The van der Waals surface area contributed by atoms with E-state index in [0.29, 0.717) is 17.1 Å². The van der Waals surface area contributed by atoms with Gasteiger partial charge < -0.3 is 15.5 Å². The molecule has 0 saturated heterocycles. The molecule has 3 N–H and O–H groups in total. The molecule has 0 aliphatic heterocycles. The number of rotatable bonds is 6. The Bertz CT molecular complexity index is 751. The van der Waals surface area contributed by atoms with Crippen LogP contribution in [0.1, 0.15) is 39.9 Å². The zero-order valence-corrected chi connectivity index (χ0v) is 14.6. The van der Waals surface area contributed by atoms with Gasteiger partial charge in [0.1, 0.15) is 10.8 Å². The first kappa shape index (κ1) is 16.7. The lowest BCUT2D eigenvalue weighted by Gasteiger charge is -2.22. The van der Waals surface area contributed by atoms with Gasteiger partial charge in [0.2, 0.25) is 5.91 Å². The zero-order valence-electron chi connectivity index (χ0n) is 13.8. The summed E-state index contributed by atoms with van der Waals surface area (Å²) in [7, 11) is 1.86. The van der Waals surface area contributed by atoms with Crippen LogP contribution >= 0.6 is 11.3 Å². The quantitative estimate of drug-likeness (QED) is 0.840. The fraction of sp³-hybridized carbons (Fsp3) is 0.412. The number of nitrogens with two attached hydrogens (primary N) is 1. The predicted molar refractivity (Wildman–Crippen MR) is 93.1 cm³/mol. The van der Waals surface area contributed by atoms with E-state index < -0.39 is 5.91 Å². The van der Waals surface area contributed by atoms with Crippen LogP contribution in [0.2, 0.25) is 0 Å². The maximum absolute atomic E-state index is 12.6. The summed E-state index contributed by atoms with van der Waals surface area (Å²) in [6, 6.07) is 3.32. The van der Waals surface area contributed by atoms with Gasteiger partial charge in [0, 0.05) is 4.88 Å². The highest BCUT2D eigenvalue weighted by Gasteiger charge is 2.27. The Hall–Kier alpha value is -2.12. The van der Waals surface area contributed by atoms with Crippen LogP contribution < -0.4 is 11.1 Å². The second-order valence-electron chi connectivity index (χ2n) is 6.09. The monoisotopic (exact) mass is 347 g/mol. The van der Waals surface area contributed by atoms with E-state index in [1.165, 1.54) is 11.3 Å². The van der Waals surface area contributed by atoms with Crippen LogP contribution in [0.15, 0.2) is 22.8 Å². The van der Waals surface area contributed by atoms with Gasteiger partial charge in [0.05, 0.1) is 24.4 Å². The number of likely N-dealkylation sites (N-methyl/N-ethyl adjacent to an activating group) is 1. The Morgan fingerprint density at radius 3 is 2.92 bits per heavy atom. The van der Waals surface area contributed by atoms with E-state index in [9.17, 15) is 9.59 Å². The molecule has 6 nitrogen and oxygen atoms in total. The van der Waals surface area contributed by atoms with E-state index in [0.717, 1.165) is 35.5 Å². The van der Waals surface area contributed by atoms with Gasteiger partial charge in [0.25, 0.3) is 5.91 Å². The first-order chi connectivity index (χ1) is 11.5. The smallest absolute Gasteiger partial charge is 0.251 e. The van der Waals surface area contributed by atoms with E-state index in [2.05, 4.69) is 5.32 Å². The molecular formula is C17H21N3O3S. The van der Waals surface area contributed by atoms with Crippen molar-refractivity contribution in [2.24, 2.45) is 5.73 Å². The normalized spacial score (nSPS) is 14.6. The van der Waals surface area contributed by atoms with Crippen LogP contribution in [0.3, 0.4) is 0 Å². The fourth-order valence-electron chi connectivity index (χ4n) is 2.95. The zero-order chi connectivity index (χ0) is 17.3. The van der Waals surface area contributed by atoms with Crippen LogP contribution in [-0.4, -0.2) is 29.8 Å². The van der Waals surface area contributed by atoms with Crippen LogP contribution in [0.4, 0.5) is 5.00 Å². The summed E-state index contributed by atoms with van der Waals surface area (Å²) >= 11 is 1.47. The maximum atomic E-state index is 12.6. The number of aryl methyl sites for hydroxylation is 1. The molecule has 1 aliphatic rings. The van der Waals surface area contributed by atoms with Crippen molar-refractivity contribution in [1.82, 2.24) is 4.90 Å². The number of carbonyl (C=O) groups excluding carboxylic acids is 2. The minimum Gasteiger partial charge on any atom is -0.468 e. The Balaban J connectivity index is 1.71. The summed E-state index contributed by atoms with van der Waals surface area (Å²) in [6.07, 6.45) is 4.45. The molecule has 0 bridgehead atoms. The van der Waals surface area contributed by atoms with Crippen molar-refractivity contribution in [1.29, 1.82) is 0 Å². The molecule has 3 rings (SSSR count). The number of carbonyl (C=O) groups is 2. The molecule has 0 spiro atoms. The van der Waals surface area contributed by atoms with E-state index >= 15 is 0 Å². The first-order valence-corrected chi connectivity index (χ1v) is 8.77. The summed E-state index contributed by atoms with van der Waals surface area (Å²) < 4.78 is 5.31. The van der Waals surface area contributed by atoms with E-state index in [4.69, 9.17) is 10.2 Å². The molecule has 2 amide bonds. The van der Waals surface area contributed by atoms with Gasteiger partial charge in [-0.3, -0.25) is 14.5 Å². The van der Waals surface area contributed by atoms with Crippen LogP contribution in [-0.2, 0) is 24.2 Å². The molecule has 1 atom stereocenters. The number of hydrogen-bond acceptors (Lipinski definition) is 5. The molecule has 2 aromatic heterocycles. The molecule has 2 aromatic rings. The standard InChI is InChI=1S/C17H21N3O3S/c1-10(20(2)9-11-5-4-8-23-11)16(22)19-17-14(15(18)21)12-6-3-7-13(12)24-17/h4-5,8,10H,3,6-7,9H2,1-2H3,(H2,18,21)(H,19,22). The van der Waals surface area contributed by atoms with Gasteiger partial charge in [-0.05, 0) is 50.9 Å². The predicted octanol–water partition coefficient (Wildman–Crippen LogP) is 2.39. The summed E-state index contributed by atoms with van der Waals surface area (Å²) in [5.74, 6) is 0.165. The molecule has 0 fully saturated rings. The minimum absolute atomic E-state index is 0.161. The van der Waals surface area contributed by atoms with E-state index in [-0.39, 0.29) is 11.9 Å². The average molecular weight is 347 g/mol. The number of nitrogens with one attached hydrogen (secondary N) is 1. The van der Waals surface area contributed by atoms with Gasteiger partial charge in [-0.2, -0.15) is 0 Å². The third-order valence-corrected chi connectivity index (χ3v) is 5.64. The molecule has 0 saturated carbocycles. The third-order valence-electron chi connectivity index (χ3n) is 4.43. The second-order valence-corrected chi connectivity index (χ2v) is 7.19. The fourth-order valence-corrected chi connectivity index (χ4v) is 4.25. The van der Waals surface area contributed by atoms with Crippen molar-refractivity contribution in [3.63, 3.8) is 0 Å². The van der Waals surface area contributed by atoms with Crippen LogP contribution in [0.25, 0.3) is 0 Å². The van der Waals surface area contributed by atoms with Gasteiger partial charge in [0.15, 0.2) is 0 Å². The highest BCUT2D eigenvalue weighted by molar-refractivity contribution is 7.17. The Morgan fingerprint density at radius 2 is 2.25 bits per heavy atom. The van der Waals surface area contributed by atoms with Gasteiger partial charge in [-0.25, -0.2) is 0 Å². The number of anilines is 1. The number of hydrogen-bond donors (Lipinski definition) is 2. The summed E-state index contributed by atoms with van der Waals surface area (Å²) in [4.78, 5) is 27.4.